The van der Waals surface area contributed by atoms with Gasteiger partial charge in [-0.1, -0.05) is 35.9 Å². The van der Waals surface area contributed by atoms with Crippen LogP contribution in [0.25, 0.3) is 0 Å². The van der Waals surface area contributed by atoms with Crippen LogP contribution in [0.2, 0.25) is 0 Å². The standard InChI is InChI=1S/C23H28FN3O2/c1-17-7-9-18(10-8-17)15-25-22(28)12-11-19-4-3-13-27(16-19)23(29)26-21-6-2-5-20(24)14-21/h2,5-10,14,19H,3-4,11-13,15-16H2,1H3,(H,25,28)(H,26,29)/t19-/m0/s1. The van der Waals surface area contributed by atoms with E-state index in [-0.39, 0.29) is 17.8 Å². The van der Waals surface area contributed by atoms with Gasteiger partial charge in [-0.15, -0.1) is 0 Å². The van der Waals surface area contributed by atoms with Crippen LogP contribution in [0.5, 0.6) is 0 Å². The normalized spacial score (nSPS) is 16.3. The number of carbonyl (C=O) groups excluding carboxylic acids is 2. The maximum atomic E-state index is 13.3. The molecule has 2 N–H and O–H groups in total. The molecule has 1 atom stereocenters. The summed E-state index contributed by atoms with van der Waals surface area (Å²) in [6.07, 6.45) is 3.13. The van der Waals surface area contributed by atoms with Crippen molar-refractivity contribution < 1.29 is 14.0 Å². The van der Waals surface area contributed by atoms with Crippen molar-refractivity contribution >= 4 is 17.6 Å². The van der Waals surface area contributed by atoms with Crippen molar-refractivity contribution in [1.29, 1.82) is 0 Å². The summed E-state index contributed by atoms with van der Waals surface area (Å²) in [5.41, 5.74) is 2.73. The molecule has 1 saturated heterocycles. The summed E-state index contributed by atoms with van der Waals surface area (Å²) < 4.78 is 13.3. The molecule has 5 nitrogen and oxygen atoms in total. The van der Waals surface area contributed by atoms with E-state index in [1.807, 2.05) is 31.2 Å². The number of piperidine rings is 1. The second-order valence-electron chi connectivity index (χ2n) is 7.70. The van der Waals surface area contributed by atoms with Gasteiger partial charge in [0, 0.05) is 31.7 Å². The highest BCUT2D eigenvalue weighted by Crippen LogP contribution is 2.22. The molecule has 29 heavy (non-hydrogen) atoms. The molecule has 0 radical (unpaired) electrons. The van der Waals surface area contributed by atoms with Gasteiger partial charge in [0.15, 0.2) is 0 Å². The third kappa shape index (κ3) is 6.59. The minimum atomic E-state index is -0.379. The van der Waals surface area contributed by atoms with Crippen molar-refractivity contribution in [3.8, 4) is 0 Å². The van der Waals surface area contributed by atoms with Gasteiger partial charge in [0.25, 0.3) is 0 Å². The van der Waals surface area contributed by atoms with Crippen LogP contribution in [-0.4, -0.2) is 29.9 Å². The molecule has 1 heterocycles. The summed E-state index contributed by atoms with van der Waals surface area (Å²) in [5.74, 6) is -0.0463. The molecule has 0 unspecified atom stereocenters. The fourth-order valence-corrected chi connectivity index (χ4v) is 3.58. The van der Waals surface area contributed by atoms with Gasteiger partial charge >= 0.3 is 6.03 Å². The Hall–Kier alpha value is -2.89. The average molecular weight is 397 g/mol. The Morgan fingerprint density at radius 2 is 1.97 bits per heavy atom. The fraction of sp³-hybridized carbons (Fsp3) is 0.391. The molecule has 0 spiro atoms. The third-order valence-electron chi connectivity index (χ3n) is 5.27. The number of hydrogen-bond donors (Lipinski definition) is 2. The SMILES string of the molecule is Cc1ccc(CNC(=O)CC[C@@H]2CCCN(C(=O)Nc3cccc(F)c3)C2)cc1. The lowest BCUT2D eigenvalue weighted by Gasteiger charge is -2.32. The highest BCUT2D eigenvalue weighted by molar-refractivity contribution is 5.89. The molecule has 3 rings (SSSR count). The Kier molecular flexibility index (Phi) is 7.22. The molecule has 154 valence electrons. The predicted molar refractivity (Wildman–Crippen MR) is 112 cm³/mol. The highest BCUT2D eigenvalue weighted by Gasteiger charge is 2.24. The maximum absolute atomic E-state index is 13.3. The van der Waals surface area contributed by atoms with Crippen LogP contribution in [0.3, 0.4) is 0 Å². The first kappa shape index (κ1) is 20.8. The molecule has 1 aliphatic heterocycles. The van der Waals surface area contributed by atoms with Crippen LogP contribution < -0.4 is 10.6 Å². The molecule has 0 aromatic heterocycles. The number of urea groups is 1. The first-order chi connectivity index (χ1) is 14.0. The third-order valence-corrected chi connectivity index (χ3v) is 5.27. The lowest BCUT2D eigenvalue weighted by molar-refractivity contribution is -0.121. The number of likely N-dealkylation sites (tertiary alicyclic amines) is 1. The van der Waals surface area contributed by atoms with Gasteiger partial charge in [-0.25, -0.2) is 9.18 Å². The topological polar surface area (TPSA) is 61.4 Å². The van der Waals surface area contributed by atoms with E-state index in [4.69, 9.17) is 0 Å². The minimum Gasteiger partial charge on any atom is -0.352 e. The number of rotatable bonds is 6. The first-order valence-corrected chi connectivity index (χ1v) is 10.1. The smallest absolute Gasteiger partial charge is 0.321 e. The van der Waals surface area contributed by atoms with Crippen LogP contribution in [0.1, 0.15) is 36.8 Å². The lowest BCUT2D eigenvalue weighted by Crippen LogP contribution is -2.42. The molecule has 1 aliphatic rings. The molecule has 2 aromatic carbocycles. The van der Waals surface area contributed by atoms with E-state index in [9.17, 15) is 14.0 Å². The number of amides is 3. The number of nitrogens with one attached hydrogen (secondary N) is 2. The van der Waals surface area contributed by atoms with E-state index in [2.05, 4.69) is 10.6 Å². The summed E-state index contributed by atoms with van der Waals surface area (Å²) in [6.45, 7) is 3.86. The van der Waals surface area contributed by atoms with Crippen LogP contribution in [0.4, 0.5) is 14.9 Å². The van der Waals surface area contributed by atoms with Crippen molar-refractivity contribution in [2.24, 2.45) is 5.92 Å². The number of halogens is 1. The van der Waals surface area contributed by atoms with E-state index in [1.165, 1.54) is 17.7 Å². The zero-order valence-electron chi connectivity index (χ0n) is 16.8. The summed E-state index contributed by atoms with van der Waals surface area (Å²) in [7, 11) is 0. The predicted octanol–water partition coefficient (Wildman–Crippen LogP) is 4.47. The molecule has 0 aliphatic carbocycles. The monoisotopic (exact) mass is 397 g/mol. The number of benzene rings is 2. The van der Waals surface area contributed by atoms with Crippen molar-refractivity contribution in [3.63, 3.8) is 0 Å². The summed E-state index contributed by atoms with van der Waals surface area (Å²) in [5, 5.41) is 5.71. The second-order valence-corrected chi connectivity index (χ2v) is 7.70. The van der Waals surface area contributed by atoms with Crippen LogP contribution in [0, 0.1) is 18.7 Å². The molecule has 2 aromatic rings. The number of anilines is 1. The largest absolute Gasteiger partial charge is 0.352 e. The second kappa shape index (κ2) is 10.0. The van der Waals surface area contributed by atoms with Crippen molar-refractivity contribution in [2.45, 2.75) is 39.2 Å². The van der Waals surface area contributed by atoms with Gasteiger partial charge in [0.1, 0.15) is 5.82 Å². The van der Waals surface area contributed by atoms with Gasteiger partial charge in [0.05, 0.1) is 0 Å². The Balaban J connectivity index is 1.41. The first-order valence-electron chi connectivity index (χ1n) is 10.1. The summed E-state index contributed by atoms with van der Waals surface area (Å²) in [6, 6.07) is 13.8. The van der Waals surface area contributed by atoms with E-state index >= 15 is 0 Å². The van der Waals surface area contributed by atoms with E-state index in [0.29, 0.717) is 37.7 Å². The maximum Gasteiger partial charge on any atom is 0.321 e. The molecule has 0 bridgehead atoms. The van der Waals surface area contributed by atoms with Gasteiger partial charge in [-0.05, 0) is 55.9 Å². The summed E-state index contributed by atoms with van der Waals surface area (Å²) in [4.78, 5) is 26.4. The van der Waals surface area contributed by atoms with Gasteiger partial charge in [-0.2, -0.15) is 0 Å². The number of carbonyl (C=O) groups is 2. The molecular formula is C23H28FN3O2. The molecule has 6 heteroatoms. The van der Waals surface area contributed by atoms with Crippen molar-refractivity contribution in [1.82, 2.24) is 10.2 Å². The van der Waals surface area contributed by atoms with E-state index in [0.717, 1.165) is 24.8 Å². The zero-order chi connectivity index (χ0) is 20.6. The zero-order valence-corrected chi connectivity index (χ0v) is 16.8. The van der Waals surface area contributed by atoms with Gasteiger partial charge < -0.3 is 15.5 Å². The average Bonchev–Trinajstić information content (AvgIpc) is 2.72. The Morgan fingerprint density at radius 3 is 2.72 bits per heavy atom. The van der Waals surface area contributed by atoms with Crippen LogP contribution in [-0.2, 0) is 11.3 Å². The minimum absolute atomic E-state index is 0.0342. The molecule has 1 fully saturated rings. The van der Waals surface area contributed by atoms with E-state index in [1.54, 1.807) is 17.0 Å². The van der Waals surface area contributed by atoms with Crippen LogP contribution in [0.15, 0.2) is 48.5 Å². The quantitative estimate of drug-likeness (QED) is 0.755. The Labute approximate surface area is 171 Å². The lowest BCUT2D eigenvalue weighted by atomic mass is 9.93. The van der Waals surface area contributed by atoms with E-state index < -0.39 is 0 Å². The van der Waals surface area contributed by atoms with Gasteiger partial charge in [-0.3, -0.25) is 4.79 Å². The number of aryl methyl sites for hydroxylation is 1. The number of hydrogen-bond acceptors (Lipinski definition) is 2. The fourth-order valence-electron chi connectivity index (χ4n) is 3.58. The van der Waals surface area contributed by atoms with Crippen LogP contribution >= 0.6 is 0 Å². The molecule has 0 saturated carbocycles. The van der Waals surface area contributed by atoms with Crippen molar-refractivity contribution in [2.75, 3.05) is 18.4 Å². The van der Waals surface area contributed by atoms with Crippen molar-refractivity contribution in [3.05, 3.63) is 65.5 Å². The number of nitrogens with zero attached hydrogens (tertiary/aromatic N) is 1. The molecular weight excluding hydrogens is 369 g/mol. The molecule has 3 amide bonds. The Bertz CT molecular complexity index is 838. The summed E-state index contributed by atoms with van der Waals surface area (Å²) >= 11 is 0. The van der Waals surface area contributed by atoms with Gasteiger partial charge in [0.2, 0.25) is 5.91 Å². The Morgan fingerprint density at radius 1 is 1.17 bits per heavy atom. The highest BCUT2D eigenvalue weighted by atomic mass is 19.1.